The van der Waals surface area contributed by atoms with Crippen molar-refractivity contribution in [1.82, 2.24) is 0 Å². The quantitative estimate of drug-likeness (QED) is 0.536. The van der Waals surface area contributed by atoms with Crippen LogP contribution in [0, 0.1) is 28.1 Å². The first-order chi connectivity index (χ1) is 10.6. The van der Waals surface area contributed by atoms with Crippen LogP contribution in [0.15, 0.2) is 0 Å². The summed E-state index contributed by atoms with van der Waals surface area (Å²) in [6, 6.07) is 0. The average Bonchev–Trinajstić information content (AvgIpc) is 2.30. The molecule has 4 nitrogen and oxygen atoms in total. The van der Waals surface area contributed by atoms with Gasteiger partial charge in [0.2, 0.25) is 0 Å². The molecule has 1 aliphatic heterocycles. The van der Waals surface area contributed by atoms with Crippen LogP contribution in [-0.2, 0) is 19.1 Å². The fourth-order valence-corrected chi connectivity index (χ4v) is 4.11. The molecule has 0 bridgehead atoms. The summed E-state index contributed by atoms with van der Waals surface area (Å²) in [5.74, 6) is -1.73. The largest absolute Gasteiger partial charge is 0.420 e. The van der Waals surface area contributed by atoms with E-state index in [0.717, 1.165) is 0 Å². The topological polar surface area (TPSA) is 52.6 Å². The van der Waals surface area contributed by atoms with E-state index in [0.29, 0.717) is 12.8 Å². The van der Waals surface area contributed by atoms with Crippen molar-refractivity contribution in [2.24, 2.45) is 28.1 Å². The number of ether oxygens (including phenoxy) is 2. The van der Waals surface area contributed by atoms with Gasteiger partial charge < -0.3 is 9.47 Å². The van der Waals surface area contributed by atoms with Crippen molar-refractivity contribution in [2.45, 2.75) is 87.9 Å². The number of carbonyl (C=O) groups excluding carboxylic acids is 2. The summed E-state index contributed by atoms with van der Waals surface area (Å²) in [4.78, 5) is 26.4. The van der Waals surface area contributed by atoms with E-state index in [1.54, 1.807) is 0 Å². The molecule has 24 heavy (non-hydrogen) atoms. The summed E-state index contributed by atoms with van der Waals surface area (Å²) in [5.41, 5.74) is -2.25. The van der Waals surface area contributed by atoms with Crippen molar-refractivity contribution in [2.75, 3.05) is 0 Å². The van der Waals surface area contributed by atoms with E-state index in [2.05, 4.69) is 0 Å². The molecule has 1 saturated heterocycles. The zero-order chi connectivity index (χ0) is 19.1. The van der Waals surface area contributed by atoms with E-state index in [9.17, 15) is 9.59 Å². The van der Waals surface area contributed by atoms with Crippen LogP contribution in [0.25, 0.3) is 0 Å². The first-order valence-electron chi connectivity index (χ1n) is 9.06. The van der Waals surface area contributed by atoms with Crippen LogP contribution in [0.1, 0.15) is 82.1 Å². The van der Waals surface area contributed by atoms with Gasteiger partial charge in [-0.1, -0.05) is 69.2 Å². The van der Waals surface area contributed by atoms with E-state index in [4.69, 9.17) is 9.47 Å². The Morgan fingerprint density at radius 1 is 0.750 bits per heavy atom. The first-order valence-corrected chi connectivity index (χ1v) is 9.06. The maximum Gasteiger partial charge on any atom is 0.326 e. The third-order valence-corrected chi connectivity index (χ3v) is 4.74. The number of hydrogen-bond donors (Lipinski definition) is 0. The summed E-state index contributed by atoms with van der Waals surface area (Å²) < 4.78 is 12.0. The summed E-state index contributed by atoms with van der Waals surface area (Å²) in [5, 5.41) is 0. The van der Waals surface area contributed by atoms with Gasteiger partial charge in [0.05, 0.1) is 0 Å². The lowest BCUT2D eigenvalue weighted by molar-refractivity contribution is -0.330. The van der Waals surface area contributed by atoms with Gasteiger partial charge in [-0.05, 0) is 24.7 Å². The molecular formula is C20H36O4. The Bertz CT molecular complexity index is 443. The van der Waals surface area contributed by atoms with Crippen molar-refractivity contribution in [3.05, 3.63) is 0 Å². The standard InChI is InChI=1S/C20H36O4/c1-13(2)11-19(12-14(3)4)15(21)23-20(17(5,6)7,18(8,9)10)24-16(19)22/h13-14H,11-12H2,1-10H3. The van der Waals surface area contributed by atoms with Gasteiger partial charge in [0.15, 0.2) is 5.41 Å². The van der Waals surface area contributed by atoms with Crippen LogP contribution >= 0.6 is 0 Å². The van der Waals surface area contributed by atoms with E-state index in [1.807, 2.05) is 69.2 Å². The lowest BCUT2D eigenvalue weighted by Crippen LogP contribution is -2.66. The highest BCUT2D eigenvalue weighted by Crippen LogP contribution is 2.54. The molecule has 1 fully saturated rings. The first kappa shape index (κ1) is 21.0. The van der Waals surface area contributed by atoms with E-state index in [1.165, 1.54) is 0 Å². The van der Waals surface area contributed by atoms with E-state index < -0.39 is 34.0 Å². The molecule has 0 aromatic carbocycles. The van der Waals surface area contributed by atoms with Gasteiger partial charge in [0, 0.05) is 10.8 Å². The molecular weight excluding hydrogens is 304 g/mol. The van der Waals surface area contributed by atoms with Crippen molar-refractivity contribution in [3.63, 3.8) is 0 Å². The van der Waals surface area contributed by atoms with Crippen LogP contribution in [0.3, 0.4) is 0 Å². The minimum atomic E-state index is -1.27. The van der Waals surface area contributed by atoms with Crippen LogP contribution in [-0.4, -0.2) is 17.7 Å². The Labute approximate surface area is 147 Å². The highest BCUT2D eigenvalue weighted by Gasteiger charge is 2.66. The second-order valence-corrected chi connectivity index (χ2v) is 10.2. The van der Waals surface area contributed by atoms with Crippen molar-refractivity contribution >= 4 is 11.9 Å². The molecule has 0 radical (unpaired) electrons. The van der Waals surface area contributed by atoms with Gasteiger partial charge in [0.25, 0.3) is 5.79 Å². The monoisotopic (exact) mass is 340 g/mol. The predicted molar refractivity (Wildman–Crippen MR) is 95.2 cm³/mol. The number of cyclic esters (lactones) is 2. The number of esters is 2. The number of hydrogen-bond acceptors (Lipinski definition) is 4. The van der Waals surface area contributed by atoms with Gasteiger partial charge in [-0.25, -0.2) is 0 Å². The zero-order valence-electron chi connectivity index (χ0n) is 17.2. The molecule has 0 atom stereocenters. The molecule has 1 heterocycles. The summed E-state index contributed by atoms with van der Waals surface area (Å²) >= 11 is 0. The minimum absolute atomic E-state index is 0.195. The molecule has 0 unspecified atom stereocenters. The molecule has 0 aromatic rings. The van der Waals surface area contributed by atoms with Crippen LogP contribution in [0.5, 0.6) is 0 Å². The molecule has 0 spiro atoms. The van der Waals surface area contributed by atoms with E-state index in [-0.39, 0.29) is 11.8 Å². The Morgan fingerprint density at radius 3 is 1.25 bits per heavy atom. The normalized spacial score (nSPS) is 21.0. The Kier molecular flexibility index (Phi) is 5.55. The Balaban J connectivity index is 3.43. The highest BCUT2D eigenvalue weighted by molar-refractivity contribution is 6.01. The van der Waals surface area contributed by atoms with Crippen LogP contribution in [0.2, 0.25) is 0 Å². The third-order valence-electron chi connectivity index (χ3n) is 4.74. The van der Waals surface area contributed by atoms with Gasteiger partial charge in [0.1, 0.15) is 0 Å². The predicted octanol–water partition coefficient (Wildman–Crippen LogP) is 4.95. The van der Waals surface area contributed by atoms with Crippen molar-refractivity contribution in [3.8, 4) is 0 Å². The fraction of sp³-hybridized carbons (Fsp3) is 0.900. The number of carbonyl (C=O) groups is 2. The molecule has 4 heteroatoms. The smallest absolute Gasteiger partial charge is 0.326 e. The summed E-state index contributed by atoms with van der Waals surface area (Å²) in [6.07, 6.45) is 0.903. The highest BCUT2D eigenvalue weighted by atomic mass is 16.8. The van der Waals surface area contributed by atoms with Crippen molar-refractivity contribution in [1.29, 1.82) is 0 Å². The van der Waals surface area contributed by atoms with Gasteiger partial charge in [-0.15, -0.1) is 0 Å². The second kappa shape index (κ2) is 6.34. The third kappa shape index (κ3) is 3.48. The summed E-state index contributed by atoms with van der Waals surface area (Å²) in [6.45, 7) is 19.7. The molecule has 0 amide bonds. The molecule has 0 saturated carbocycles. The Hall–Kier alpha value is -1.06. The molecule has 0 N–H and O–H groups in total. The van der Waals surface area contributed by atoms with Gasteiger partial charge in [-0.2, -0.15) is 0 Å². The van der Waals surface area contributed by atoms with Crippen molar-refractivity contribution < 1.29 is 19.1 Å². The maximum atomic E-state index is 13.2. The molecule has 140 valence electrons. The summed E-state index contributed by atoms with van der Waals surface area (Å²) in [7, 11) is 0. The van der Waals surface area contributed by atoms with Gasteiger partial charge >= 0.3 is 11.9 Å². The van der Waals surface area contributed by atoms with E-state index >= 15 is 0 Å². The molecule has 1 aliphatic rings. The Morgan fingerprint density at radius 2 is 1.04 bits per heavy atom. The molecule has 0 aliphatic carbocycles. The second-order valence-electron chi connectivity index (χ2n) is 10.2. The maximum absolute atomic E-state index is 13.2. The fourth-order valence-electron chi connectivity index (χ4n) is 4.11. The minimum Gasteiger partial charge on any atom is -0.420 e. The molecule has 0 aromatic heterocycles. The lowest BCUT2D eigenvalue weighted by Gasteiger charge is -2.55. The van der Waals surface area contributed by atoms with Crippen LogP contribution in [0.4, 0.5) is 0 Å². The lowest BCUT2D eigenvalue weighted by atomic mass is 9.67. The van der Waals surface area contributed by atoms with Gasteiger partial charge in [-0.3, -0.25) is 9.59 Å². The number of rotatable bonds is 4. The molecule has 1 rings (SSSR count). The zero-order valence-corrected chi connectivity index (χ0v) is 17.2. The van der Waals surface area contributed by atoms with Crippen LogP contribution < -0.4 is 0 Å². The SMILES string of the molecule is CC(C)CC1(CC(C)C)C(=O)OC(C(C)(C)C)(C(C)(C)C)OC1=O. The average molecular weight is 341 g/mol.